The third-order valence-corrected chi connectivity index (χ3v) is 6.08. The average Bonchev–Trinajstić information content (AvgIpc) is 2.53. The van der Waals surface area contributed by atoms with Crippen LogP contribution in [0.4, 0.5) is 5.69 Å². The van der Waals surface area contributed by atoms with Gasteiger partial charge in [0.25, 0.3) is 0 Å². The smallest absolute Gasteiger partial charge is 0.240 e. The largest absolute Gasteiger partial charge is 0.324 e. The fraction of sp³-hybridized carbons (Fsp3) is 0.188. The average molecular weight is 348 g/mol. The van der Waals surface area contributed by atoms with E-state index in [-0.39, 0.29) is 17.3 Å². The normalized spacial score (nSPS) is 14.2. The van der Waals surface area contributed by atoms with E-state index in [1.807, 2.05) is 31.2 Å². The molecule has 0 saturated heterocycles. The van der Waals surface area contributed by atoms with Gasteiger partial charge in [0.1, 0.15) is 0 Å². The molecule has 0 spiro atoms. The van der Waals surface area contributed by atoms with E-state index < -0.39 is 10.0 Å². The zero-order chi connectivity index (χ0) is 16.4. The third kappa shape index (κ3) is 3.57. The van der Waals surface area contributed by atoms with E-state index in [4.69, 9.17) is 0 Å². The number of hydrogen-bond acceptors (Lipinski definition) is 4. The Balaban J connectivity index is 1.81. The second kappa shape index (κ2) is 6.35. The molecule has 1 aliphatic heterocycles. The predicted octanol–water partition coefficient (Wildman–Crippen LogP) is 2.52. The predicted molar refractivity (Wildman–Crippen MR) is 91.0 cm³/mol. The summed E-state index contributed by atoms with van der Waals surface area (Å²) in [4.78, 5) is 12.5. The Morgan fingerprint density at radius 3 is 2.78 bits per heavy atom. The molecule has 1 aliphatic rings. The van der Waals surface area contributed by atoms with Gasteiger partial charge in [-0.05, 0) is 36.2 Å². The van der Waals surface area contributed by atoms with Crippen LogP contribution in [0.2, 0.25) is 0 Å². The van der Waals surface area contributed by atoms with Gasteiger partial charge in [-0.15, -0.1) is 11.8 Å². The number of hydrogen-bond donors (Lipinski definition) is 2. The van der Waals surface area contributed by atoms with Crippen LogP contribution in [0.1, 0.15) is 11.1 Å². The van der Waals surface area contributed by atoms with E-state index in [2.05, 4.69) is 10.0 Å². The summed E-state index contributed by atoms with van der Waals surface area (Å²) in [5.41, 5.74) is 2.51. The van der Waals surface area contributed by atoms with Crippen LogP contribution >= 0.6 is 11.8 Å². The maximum atomic E-state index is 12.5. The first-order valence-corrected chi connectivity index (χ1v) is 9.53. The number of carbonyl (C=O) groups excluding carboxylic acids is 1. The maximum Gasteiger partial charge on any atom is 0.240 e. The molecule has 0 radical (unpaired) electrons. The highest BCUT2D eigenvalue weighted by Gasteiger charge is 2.20. The number of benzene rings is 2. The summed E-state index contributed by atoms with van der Waals surface area (Å²) in [7, 11) is -3.64. The van der Waals surface area contributed by atoms with Crippen LogP contribution in [-0.4, -0.2) is 20.1 Å². The van der Waals surface area contributed by atoms with Crippen LogP contribution in [0.3, 0.4) is 0 Å². The molecule has 120 valence electrons. The highest BCUT2D eigenvalue weighted by Crippen LogP contribution is 2.33. The van der Waals surface area contributed by atoms with Gasteiger partial charge in [0.2, 0.25) is 15.9 Å². The molecule has 2 aromatic carbocycles. The van der Waals surface area contributed by atoms with Crippen molar-refractivity contribution in [3.05, 3.63) is 53.6 Å². The van der Waals surface area contributed by atoms with Gasteiger partial charge in [-0.3, -0.25) is 4.79 Å². The summed E-state index contributed by atoms with van der Waals surface area (Å²) in [6.45, 7) is 2.17. The molecule has 0 bridgehead atoms. The Morgan fingerprint density at radius 1 is 1.22 bits per heavy atom. The zero-order valence-corrected chi connectivity index (χ0v) is 14.1. The molecule has 0 aliphatic carbocycles. The first-order valence-electron chi connectivity index (χ1n) is 7.06. The first-order chi connectivity index (χ1) is 11.0. The number of fused-ring (bicyclic) bond motifs is 1. The molecule has 0 atom stereocenters. The van der Waals surface area contributed by atoms with E-state index in [9.17, 15) is 13.2 Å². The maximum absolute atomic E-state index is 12.5. The number of carbonyl (C=O) groups is 1. The standard InChI is InChI=1S/C16H16N2O3S2/c1-11-4-2-3-5-12(11)9-17-23(20,21)13-6-7-15-14(8-13)18-16(19)10-22-15/h2-8,17H,9-10H2,1H3,(H,18,19). The Bertz CT molecular complexity index is 863. The fourth-order valence-corrected chi connectivity index (χ4v) is 4.11. The van der Waals surface area contributed by atoms with Gasteiger partial charge >= 0.3 is 0 Å². The lowest BCUT2D eigenvalue weighted by Crippen LogP contribution is -2.24. The van der Waals surface area contributed by atoms with Crippen molar-refractivity contribution in [2.45, 2.75) is 23.3 Å². The first kappa shape index (κ1) is 16.0. The number of nitrogens with one attached hydrogen (secondary N) is 2. The van der Waals surface area contributed by atoms with Crippen molar-refractivity contribution < 1.29 is 13.2 Å². The van der Waals surface area contributed by atoms with Crippen LogP contribution < -0.4 is 10.0 Å². The summed E-state index contributed by atoms with van der Waals surface area (Å²) in [5.74, 6) is 0.231. The molecule has 7 heteroatoms. The molecule has 3 rings (SSSR count). The molecule has 0 fully saturated rings. The van der Waals surface area contributed by atoms with Crippen molar-refractivity contribution in [3.8, 4) is 0 Å². The molecule has 0 saturated carbocycles. The van der Waals surface area contributed by atoms with E-state index in [0.29, 0.717) is 11.4 Å². The Labute approximate surface area is 139 Å². The van der Waals surface area contributed by atoms with Gasteiger partial charge in [-0.1, -0.05) is 24.3 Å². The number of sulfonamides is 1. The molecule has 23 heavy (non-hydrogen) atoms. The van der Waals surface area contributed by atoms with Crippen LogP contribution in [0.15, 0.2) is 52.3 Å². The van der Waals surface area contributed by atoms with Crippen molar-refractivity contribution in [2.24, 2.45) is 0 Å². The molecular weight excluding hydrogens is 332 g/mol. The quantitative estimate of drug-likeness (QED) is 0.890. The molecule has 5 nitrogen and oxygen atoms in total. The lowest BCUT2D eigenvalue weighted by atomic mass is 10.1. The topological polar surface area (TPSA) is 75.3 Å². The summed E-state index contributed by atoms with van der Waals surface area (Å²) in [6.07, 6.45) is 0. The van der Waals surface area contributed by atoms with Gasteiger partial charge in [-0.25, -0.2) is 13.1 Å². The van der Waals surface area contributed by atoms with Gasteiger partial charge in [-0.2, -0.15) is 0 Å². The molecule has 2 aromatic rings. The fourth-order valence-electron chi connectivity index (χ4n) is 2.29. The molecule has 0 aromatic heterocycles. The number of aryl methyl sites for hydroxylation is 1. The van der Waals surface area contributed by atoms with Gasteiger partial charge < -0.3 is 5.32 Å². The minimum atomic E-state index is -3.64. The van der Waals surface area contributed by atoms with Crippen molar-refractivity contribution in [2.75, 3.05) is 11.1 Å². The van der Waals surface area contributed by atoms with E-state index >= 15 is 0 Å². The van der Waals surface area contributed by atoms with Crippen molar-refractivity contribution in [1.82, 2.24) is 4.72 Å². The van der Waals surface area contributed by atoms with Gasteiger partial charge in [0.05, 0.1) is 16.3 Å². The Hall–Kier alpha value is -1.83. The number of rotatable bonds is 4. The number of thioether (sulfide) groups is 1. The van der Waals surface area contributed by atoms with E-state index in [1.54, 1.807) is 12.1 Å². The monoisotopic (exact) mass is 348 g/mol. The molecule has 1 heterocycles. The lowest BCUT2D eigenvalue weighted by Gasteiger charge is -2.17. The number of amides is 1. The Morgan fingerprint density at radius 2 is 2.00 bits per heavy atom. The summed E-state index contributed by atoms with van der Waals surface area (Å²) in [5, 5.41) is 2.70. The summed E-state index contributed by atoms with van der Waals surface area (Å²) < 4.78 is 27.5. The summed E-state index contributed by atoms with van der Waals surface area (Å²) in [6, 6.07) is 12.4. The van der Waals surface area contributed by atoms with E-state index in [0.717, 1.165) is 16.0 Å². The highest BCUT2D eigenvalue weighted by molar-refractivity contribution is 8.00. The van der Waals surface area contributed by atoms with Crippen LogP contribution in [0.25, 0.3) is 0 Å². The minimum absolute atomic E-state index is 0.120. The third-order valence-electron chi connectivity index (χ3n) is 3.61. The summed E-state index contributed by atoms with van der Waals surface area (Å²) >= 11 is 1.40. The van der Waals surface area contributed by atoms with Crippen LogP contribution in [-0.2, 0) is 21.4 Å². The molecule has 2 N–H and O–H groups in total. The lowest BCUT2D eigenvalue weighted by molar-refractivity contribution is -0.113. The van der Waals surface area contributed by atoms with E-state index in [1.165, 1.54) is 17.8 Å². The molecular formula is C16H16N2O3S2. The second-order valence-corrected chi connectivity index (χ2v) is 8.03. The SMILES string of the molecule is Cc1ccccc1CNS(=O)(=O)c1ccc2c(c1)NC(=O)CS2. The Kier molecular flexibility index (Phi) is 4.43. The second-order valence-electron chi connectivity index (χ2n) is 5.25. The molecule has 0 unspecified atom stereocenters. The van der Waals surface area contributed by atoms with Gasteiger partial charge in [0.15, 0.2) is 0 Å². The highest BCUT2D eigenvalue weighted by atomic mass is 32.2. The zero-order valence-electron chi connectivity index (χ0n) is 12.5. The van der Waals surface area contributed by atoms with Crippen LogP contribution in [0.5, 0.6) is 0 Å². The minimum Gasteiger partial charge on any atom is -0.324 e. The van der Waals surface area contributed by atoms with Crippen molar-refractivity contribution >= 4 is 33.4 Å². The van der Waals surface area contributed by atoms with Crippen LogP contribution in [0, 0.1) is 6.92 Å². The van der Waals surface area contributed by atoms with Crippen molar-refractivity contribution in [3.63, 3.8) is 0 Å². The van der Waals surface area contributed by atoms with Gasteiger partial charge in [0, 0.05) is 11.4 Å². The molecule has 1 amide bonds. The van der Waals surface area contributed by atoms with Crippen molar-refractivity contribution in [1.29, 1.82) is 0 Å². The number of anilines is 1.